The Labute approximate surface area is 232 Å². The number of aliphatic carboxylic acids is 3. The van der Waals surface area contributed by atoms with Gasteiger partial charge in [0.15, 0.2) is 0 Å². The van der Waals surface area contributed by atoms with Crippen molar-refractivity contribution in [1.82, 2.24) is 0 Å². The number of rotatable bonds is 26. The summed E-state index contributed by atoms with van der Waals surface area (Å²) < 4.78 is 0.605. The number of nitrogens with zero attached hydrogens (tertiary/aromatic N) is 1. The largest absolute Gasteiger partial charge is 0.481 e. The summed E-state index contributed by atoms with van der Waals surface area (Å²) >= 11 is 0. The highest BCUT2D eigenvalue weighted by molar-refractivity contribution is 5.70. The van der Waals surface area contributed by atoms with Crippen LogP contribution in [0.15, 0.2) is 12.2 Å². The third-order valence-corrected chi connectivity index (χ3v) is 8.02. The predicted molar refractivity (Wildman–Crippen MR) is 154 cm³/mol. The van der Waals surface area contributed by atoms with E-state index in [2.05, 4.69) is 19.1 Å². The molecule has 222 valence electrons. The molecule has 0 bridgehead atoms. The van der Waals surface area contributed by atoms with Crippen molar-refractivity contribution >= 4 is 17.9 Å². The summed E-state index contributed by atoms with van der Waals surface area (Å²) in [6, 6.07) is 0. The van der Waals surface area contributed by atoms with Crippen LogP contribution in [-0.2, 0) is 14.4 Å². The number of quaternary nitrogens is 1. The lowest BCUT2D eigenvalue weighted by molar-refractivity contribution is -0.929. The molecule has 0 aromatic rings. The molecule has 0 spiro atoms. The number of carboxylic acids is 3. The van der Waals surface area contributed by atoms with Crippen LogP contribution in [0.2, 0.25) is 0 Å². The lowest BCUT2D eigenvalue weighted by Crippen LogP contribution is -2.52. The number of hydrogen-bond donors (Lipinski definition) is 3. The molecular weight excluding hydrogens is 482 g/mol. The van der Waals surface area contributed by atoms with E-state index in [0.29, 0.717) is 43.4 Å². The van der Waals surface area contributed by atoms with Crippen molar-refractivity contribution in [3.8, 4) is 0 Å². The van der Waals surface area contributed by atoms with Gasteiger partial charge in [0.2, 0.25) is 0 Å². The van der Waals surface area contributed by atoms with Gasteiger partial charge < -0.3 is 19.8 Å². The highest BCUT2D eigenvalue weighted by Gasteiger charge is 2.31. The minimum absolute atomic E-state index is 0.481. The van der Waals surface area contributed by atoms with Crippen LogP contribution in [0.25, 0.3) is 0 Å². The van der Waals surface area contributed by atoms with Crippen LogP contribution in [0.5, 0.6) is 0 Å². The van der Waals surface area contributed by atoms with Gasteiger partial charge in [-0.1, -0.05) is 78.4 Å². The Hall–Kier alpha value is -1.89. The van der Waals surface area contributed by atoms with E-state index in [0.717, 1.165) is 32.2 Å². The quantitative estimate of drug-likeness (QED) is 0.0599. The third-order valence-electron chi connectivity index (χ3n) is 8.02. The summed E-state index contributed by atoms with van der Waals surface area (Å²) in [7, 11) is 0. The second kappa shape index (κ2) is 22.0. The second-order valence-corrected chi connectivity index (χ2v) is 11.6. The van der Waals surface area contributed by atoms with Crippen LogP contribution in [0.3, 0.4) is 0 Å². The fourth-order valence-corrected chi connectivity index (χ4v) is 4.78. The van der Waals surface area contributed by atoms with Gasteiger partial charge in [-0.05, 0) is 38.5 Å². The lowest BCUT2D eigenvalue weighted by atomic mass is 10.0. The molecule has 0 aromatic carbocycles. The molecule has 3 atom stereocenters. The van der Waals surface area contributed by atoms with Gasteiger partial charge in [0.1, 0.15) is 0 Å². The molecule has 0 aromatic heterocycles. The van der Waals surface area contributed by atoms with Crippen LogP contribution < -0.4 is 0 Å². The van der Waals surface area contributed by atoms with E-state index in [1.54, 1.807) is 20.8 Å². The minimum Gasteiger partial charge on any atom is -0.481 e. The fraction of sp³-hybridized carbons (Fsp3) is 0.839. The average molecular weight is 541 g/mol. The summed E-state index contributed by atoms with van der Waals surface area (Å²) in [6.07, 6.45) is 20.6. The summed E-state index contributed by atoms with van der Waals surface area (Å²) in [5.74, 6) is -3.92. The second-order valence-electron chi connectivity index (χ2n) is 11.6. The topological polar surface area (TPSA) is 112 Å². The highest BCUT2D eigenvalue weighted by Crippen LogP contribution is 2.22. The van der Waals surface area contributed by atoms with E-state index in [9.17, 15) is 29.7 Å². The Morgan fingerprint density at radius 2 is 0.895 bits per heavy atom. The summed E-state index contributed by atoms with van der Waals surface area (Å²) in [5.41, 5.74) is 0. The monoisotopic (exact) mass is 540 g/mol. The van der Waals surface area contributed by atoms with E-state index >= 15 is 0 Å². The maximum atomic E-state index is 11.5. The van der Waals surface area contributed by atoms with Crippen LogP contribution in [0.1, 0.15) is 124 Å². The van der Waals surface area contributed by atoms with Crippen LogP contribution in [0.4, 0.5) is 0 Å². The van der Waals surface area contributed by atoms with Gasteiger partial charge in [-0.15, -0.1) is 0 Å². The van der Waals surface area contributed by atoms with Crippen LogP contribution >= 0.6 is 0 Å². The normalized spacial score (nSPS) is 15.7. The number of hydrogen-bond acceptors (Lipinski definition) is 3. The van der Waals surface area contributed by atoms with Crippen LogP contribution in [-0.4, -0.2) is 63.9 Å². The van der Waals surface area contributed by atoms with E-state index in [-0.39, 0.29) is 0 Å². The predicted octanol–water partition coefficient (Wildman–Crippen LogP) is 7.39. The summed E-state index contributed by atoms with van der Waals surface area (Å²) in [6.45, 7) is 10.1. The highest BCUT2D eigenvalue weighted by atomic mass is 16.4. The van der Waals surface area contributed by atoms with Crippen molar-refractivity contribution in [3.63, 3.8) is 0 Å². The Bertz CT molecular complexity index is 617. The van der Waals surface area contributed by atoms with Crippen molar-refractivity contribution in [1.29, 1.82) is 0 Å². The van der Waals surface area contributed by atoms with Crippen molar-refractivity contribution in [3.05, 3.63) is 12.2 Å². The zero-order chi connectivity index (χ0) is 28.8. The number of allylic oxidation sites excluding steroid dienone is 2. The maximum Gasteiger partial charge on any atom is 0.306 e. The van der Waals surface area contributed by atoms with Crippen molar-refractivity contribution in [2.24, 2.45) is 17.8 Å². The molecule has 7 nitrogen and oxygen atoms in total. The summed E-state index contributed by atoms with van der Waals surface area (Å²) in [5, 5.41) is 28.2. The minimum atomic E-state index is -0.827. The number of carboxylic acid groups (broad SMARTS) is 3. The molecule has 0 saturated carbocycles. The first kappa shape index (κ1) is 36.1. The molecule has 0 aliphatic rings. The molecule has 0 aliphatic carbocycles. The van der Waals surface area contributed by atoms with E-state index < -0.39 is 35.7 Å². The molecule has 0 fully saturated rings. The van der Waals surface area contributed by atoms with E-state index in [4.69, 9.17) is 0 Å². The standard InChI is InChI=1S/C31H57NO6/c1-5-6-7-8-9-10-11-12-13-14-15-16-17-18-22-32(23-19-26(2)29(33)34,24-20-27(3)30(35)36)25-21-28(4)31(37)38/h11-12,26-28H,5-10,13-25H2,1-4H3,(H2-,33,34,35,36,37,38)/p+1/b12-11+. The molecule has 7 heteroatoms. The van der Waals surface area contributed by atoms with Gasteiger partial charge in [-0.25, -0.2) is 0 Å². The Morgan fingerprint density at radius 1 is 0.553 bits per heavy atom. The summed E-state index contributed by atoms with van der Waals surface area (Å²) in [4.78, 5) is 34.4. The molecule has 3 N–H and O–H groups in total. The molecule has 0 radical (unpaired) electrons. The molecule has 38 heavy (non-hydrogen) atoms. The van der Waals surface area contributed by atoms with Gasteiger partial charge in [-0.2, -0.15) is 0 Å². The molecule has 0 rings (SSSR count). The van der Waals surface area contributed by atoms with Gasteiger partial charge in [0.05, 0.1) is 43.9 Å². The Morgan fingerprint density at radius 3 is 1.26 bits per heavy atom. The smallest absolute Gasteiger partial charge is 0.306 e. The SMILES string of the molecule is CCCCCCC/C=C/CCCCCCC[N+](CCC(C)C(=O)O)(CCC(C)C(=O)O)CCC(C)C(=O)O. The molecule has 3 unspecified atom stereocenters. The number of carbonyl (C=O) groups is 3. The first-order chi connectivity index (χ1) is 18.0. The number of unbranched alkanes of at least 4 members (excludes halogenated alkanes) is 10. The molecule has 0 saturated heterocycles. The molecule has 0 aliphatic heterocycles. The Kier molecular flexibility index (Phi) is 20.9. The third kappa shape index (κ3) is 18.4. The fourth-order valence-electron chi connectivity index (χ4n) is 4.78. The Balaban J connectivity index is 4.82. The molecule has 0 heterocycles. The van der Waals surface area contributed by atoms with Crippen molar-refractivity contribution in [2.75, 3.05) is 26.2 Å². The zero-order valence-electron chi connectivity index (χ0n) is 24.8. The van der Waals surface area contributed by atoms with E-state index in [1.807, 2.05) is 0 Å². The lowest BCUT2D eigenvalue weighted by Gasteiger charge is -2.40. The van der Waals surface area contributed by atoms with Crippen LogP contribution in [0, 0.1) is 17.8 Å². The van der Waals surface area contributed by atoms with E-state index in [1.165, 1.54) is 51.4 Å². The first-order valence-corrected chi connectivity index (χ1v) is 15.2. The van der Waals surface area contributed by atoms with Gasteiger partial charge >= 0.3 is 17.9 Å². The van der Waals surface area contributed by atoms with Gasteiger partial charge in [0.25, 0.3) is 0 Å². The van der Waals surface area contributed by atoms with Gasteiger partial charge in [0, 0.05) is 19.3 Å². The molecule has 0 amide bonds. The average Bonchev–Trinajstić information content (AvgIpc) is 2.88. The van der Waals surface area contributed by atoms with Crippen molar-refractivity contribution in [2.45, 2.75) is 124 Å². The van der Waals surface area contributed by atoms with Crippen molar-refractivity contribution < 1.29 is 34.2 Å². The zero-order valence-corrected chi connectivity index (χ0v) is 24.8. The first-order valence-electron chi connectivity index (χ1n) is 15.2. The van der Waals surface area contributed by atoms with Gasteiger partial charge in [-0.3, -0.25) is 14.4 Å². The molecular formula is C31H58NO6+. The maximum absolute atomic E-state index is 11.5.